The van der Waals surface area contributed by atoms with Gasteiger partial charge in [-0.3, -0.25) is 0 Å². The molecule has 1 atom stereocenters. The van der Waals surface area contributed by atoms with Crippen molar-refractivity contribution in [3.05, 3.63) is 17.8 Å². The maximum Gasteiger partial charge on any atom is 0.149 e. The summed E-state index contributed by atoms with van der Waals surface area (Å²) in [6, 6.07) is 2.16. The lowest BCUT2D eigenvalue weighted by Gasteiger charge is -2.24. The monoisotopic (exact) mass is 233 g/mol. The Kier molecular flexibility index (Phi) is 3.27. The van der Waals surface area contributed by atoms with Crippen LogP contribution in [0.25, 0.3) is 0 Å². The van der Waals surface area contributed by atoms with E-state index in [1.807, 2.05) is 6.20 Å². The van der Waals surface area contributed by atoms with Crippen molar-refractivity contribution in [2.45, 2.75) is 34.1 Å². The third kappa shape index (κ3) is 3.35. The summed E-state index contributed by atoms with van der Waals surface area (Å²) in [5.74, 6) is 1.65. The normalized spacial score (nSPS) is 19.9. The second kappa shape index (κ2) is 4.55. The predicted octanol–water partition coefficient (Wildman–Crippen LogP) is 3.28. The minimum atomic E-state index is 0.383. The molecule has 2 rings (SSSR count). The lowest BCUT2D eigenvalue weighted by molar-refractivity contribution is 0.310. The highest BCUT2D eigenvalue weighted by atomic mass is 15.1. The Morgan fingerprint density at radius 2 is 2.00 bits per heavy atom. The Bertz CT molecular complexity index is 393. The number of pyridine rings is 1. The number of anilines is 2. The number of hydrogen-bond acceptors (Lipinski definition) is 3. The summed E-state index contributed by atoms with van der Waals surface area (Å²) >= 11 is 0. The fourth-order valence-corrected chi connectivity index (χ4v) is 2.42. The predicted molar refractivity (Wildman–Crippen MR) is 73.5 cm³/mol. The summed E-state index contributed by atoms with van der Waals surface area (Å²) in [7, 11) is 0. The summed E-state index contributed by atoms with van der Waals surface area (Å²) < 4.78 is 0. The van der Waals surface area contributed by atoms with Crippen molar-refractivity contribution in [3.63, 3.8) is 0 Å². The first-order valence-electron chi connectivity index (χ1n) is 6.38. The van der Waals surface area contributed by atoms with Gasteiger partial charge in [-0.1, -0.05) is 20.8 Å². The quantitative estimate of drug-likeness (QED) is 0.781. The number of nitrogens with one attached hydrogen (secondary N) is 2. The highest BCUT2D eigenvalue weighted by Gasteiger charge is 2.21. The number of rotatable bonds is 1. The van der Waals surface area contributed by atoms with Gasteiger partial charge in [0.1, 0.15) is 5.82 Å². The van der Waals surface area contributed by atoms with Crippen LogP contribution in [-0.4, -0.2) is 18.1 Å². The third-order valence-corrected chi connectivity index (χ3v) is 3.06. The largest absolute Gasteiger partial charge is 0.382 e. The van der Waals surface area contributed by atoms with Crippen molar-refractivity contribution in [3.8, 4) is 0 Å². The van der Waals surface area contributed by atoms with Crippen molar-refractivity contribution in [1.29, 1.82) is 0 Å². The van der Waals surface area contributed by atoms with Crippen LogP contribution in [0.1, 0.15) is 32.8 Å². The van der Waals surface area contributed by atoms with E-state index < -0.39 is 0 Å². The minimum Gasteiger partial charge on any atom is -0.382 e. The van der Waals surface area contributed by atoms with Crippen LogP contribution in [0, 0.1) is 18.3 Å². The zero-order valence-corrected chi connectivity index (χ0v) is 11.3. The number of fused-ring (bicyclic) bond motifs is 1. The fraction of sp³-hybridized carbons (Fsp3) is 0.643. The molecule has 1 unspecified atom stereocenters. The summed E-state index contributed by atoms with van der Waals surface area (Å²) in [4.78, 5) is 4.44. The highest BCUT2D eigenvalue weighted by Crippen LogP contribution is 2.29. The topological polar surface area (TPSA) is 37.0 Å². The van der Waals surface area contributed by atoms with Gasteiger partial charge in [0.25, 0.3) is 0 Å². The second-order valence-electron chi connectivity index (χ2n) is 6.30. The van der Waals surface area contributed by atoms with Gasteiger partial charge in [0.2, 0.25) is 0 Å². The Balaban J connectivity index is 2.06. The zero-order chi connectivity index (χ0) is 12.5. The smallest absolute Gasteiger partial charge is 0.149 e. The van der Waals surface area contributed by atoms with Crippen LogP contribution in [0.15, 0.2) is 12.3 Å². The molecule has 17 heavy (non-hydrogen) atoms. The molecule has 94 valence electrons. The van der Waals surface area contributed by atoms with Crippen LogP contribution in [-0.2, 0) is 0 Å². The summed E-state index contributed by atoms with van der Waals surface area (Å²) in [5.41, 5.74) is 2.72. The van der Waals surface area contributed by atoms with E-state index in [2.05, 4.69) is 49.4 Å². The maximum atomic E-state index is 4.44. The van der Waals surface area contributed by atoms with Gasteiger partial charge >= 0.3 is 0 Å². The minimum absolute atomic E-state index is 0.383. The average molecular weight is 233 g/mol. The number of nitrogens with zero attached hydrogens (tertiary/aromatic N) is 1. The van der Waals surface area contributed by atoms with Crippen LogP contribution in [0.4, 0.5) is 11.5 Å². The summed E-state index contributed by atoms with van der Waals surface area (Å²) in [5, 5.41) is 6.96. The van der Waals surface area contributed by atoms with Crippen LogP contribution < -0.4 is 10.6 Å². The molecular weight excluding hydrogens is 210 g/mol. The standard InChI is InChI=1S/C14H23N3/c1-10-5-12-13(16-7-10)17-9-11(8-15-12)6-14(2,3)4/h5,7,11,15H,6,8-9H2,1-4H3,(H,16,17). The zero-order valence-electron chi connectivity index (χ0n) is 11.3. The Labute approximate surface area is 104 Å². The van der Waals surface area contributed by atoms with Crippen molar-refractivity contribution in [2.75, 3.05) is 23.7 Å². The molecule has 1 aromatic rings. The maximum absolute atomic E-state index is 4.44. The van der Waals surface area contributed by atoms with E-state index in [1.165, 1.54) is 12.0 Å². The molecule has 1 aromatic heterocycles. The van der Waals surface area contributed by atoms with Gasteiger partial charge in [0.05, 0.1) is 5.69 Å². The number of aromatic nitrogens is 1. The Morgan fingerprint density at radius 1 is 1.29 bits per heavy atom. The van der Waals surface area contributed by atoms with Crippen LogP contribution in [0.2, 0.25) is 0 Å². The Morgan fingerprint density at radius 3 is 2.71 bits per heavy atom. The van der Waals surface area contributed by atoms with E-state index in [4.69, 9.17) is 0 Å². The van der Waals surface area contributed by atoms with Crippen molar-refractivity contribution in [1.82, 2.24) is 4.98 Å². The fourth-order valence-electron chi connectivity index (χ4n) is 2.42. The lowest BCUT2D eigenvalue weighted by atomic mass is 9.84. The second-order valence-corrected chi connectivity index (χ2v) is 6.30. The molecule has 3 nitrogen and oxygen atoms in total. The van der Waals surface area contributed by atoms with E-state index in [-0.39, 0.29) is 0 Å². The molecule has 0 bridgehead atoms. The number of hydrogen-bond donors (Lipinski definition) is 2. The molecule has 0 spiro atoms. The summed E-state index contributed by atoms with van der Waals surface area (Å²) in [6.45, 7) is 11.0. The molecular formula is C14H23N3. The van der Waals surface area contributed by atoms with Crippen molar-refractivity contribution < 1.29 is 0 Å². The van der Waals surface area contributed by atoms with Gasteiger partial charge in [-0.2, -0.15) is 0 Å². The molecule has 0 radical (unpaired) electrons. The molecule has 1 aliphatic heterocycles. The molecule has 0 saturated heterocycles. The van der Waals surface area contributed by atoms with Crippen LogP contribution in [0.3, 0.4) is 0 Å². The third-order valence-electron chi connectivity index (χ3n) is 3.06. The van der Waals surface area contributed by atoms with Gasteiger partial charge in [0, 0.05) is 19.3 Å². The van der Waals surface area contributed by atoms with E-state index in [9.17, 15) is 0 Å². The molecule has 0 fully saturated rings. The molecule has 2 heterocycles. The molecule has 0 saturated carbocycles. The van der Waals surface area contributed by atoms with Crippen molar-refractivity contribution >= 4 is 11.5 Å². The van der Waals surface area contributed by atoms with Gasteiger partial charge in [0.15, 0.2) is 0 Å². The molecule has 0 aliphatic carbocycles. The molecule has 1 aliphatic rings. The van der Waals surface area contributed by atoms with E-state index >= 15 is 0 Å². The van der Waals surface area contributed by atoms with Gasteiger partial charge in [-0.25, -0.2) is 4.98 Å². The van der Waals surface area contributed by atoms with Crippen LogP contribution >= 0.6 is 0 Å². The van der Waals surface area contributed by atoms with Crippen LogP contribution in [0.5, 0.6) is 0 Å². The lowest BCUT2D eigenvalue weighted by Crippen LogP contribution is -2.24. The molecule has 0 amide bonds. The average Bonchev–Trinajstić information content (AvgIpc) is 2.39. The van der Waals surface area contributed by atoms with E-state index in [1.54, 1.807) is 0 Å². The van der Waals surface area contributed by atoms with Gasteiger partial charge in [-0.15, -0.1) is 0 Å². The molecule has 2 N–H and O–H groups in total. The van der Waals surface area contributed by atoms with Crippen molar-refractivity contribution in [2.24, 2.45) is 11.3 Å². The first kappa shape index (κ1) is 12.2. The first-order chi connectivity index (χ1) is 7.94. The molecule has 0 aromatic carbocycles. The first-order valence-corrected chi connectivity index (χ1v) is 6.38. The van der Waals surface area contributed by atoms with Gasteiger partial charge in [-0.05, 0) is 36.3 Å². The number of aryl methyl sites for hydroxylation is 1. The highest BCUT2D eigenvalue weighted by molar-refractivity contribution is 5.65. The Hall–Kier alpha value is -1.25. The van der Waals surface area contributed by atoms with Gasteiger partial charge < -0.3 is 10.6 Å². The van der Waals surface area contributed by atoms with E-state index in [0.717, 1.165) is 24.6 Å². The summed E-state index contributed by atoms with van der Waals surface area (Å²) in [6.07, 6.45) is 3.14. The molecule has 3 heteroatoms. The van der Waals surface area contributed by atoms with E-state index in [0.29, 0.717) is 11.3 Å². The SMILES string of the molecule is Cc1cnc2c(c1)NCC(CC(C)(C)C)CN2.